The Kier molecular flexibility index (Phi) is 5.59. The minimum Gasteiger partial charge on any atom is -0.621 e. The van der Waals surface area contributed by atoms with Gasteiger partial charge in [0.15, 0.2) is 10.7 Å². The monoisotopic (exact) mass is 340 g/mol. The Morgan fingerprint density at radius 2 is 1.58 bits per heavy atom. The van der Waals surface area contributed by atoms with E-state index in [-0.39, 0.29) is 0 Å². The van der Waals surface area contributed by atoms with E-state index in [1.54, 1.807) is 0 Å². The summed E-state index contributed by atoms with van der Waals surface area (Å²) in [5, 5.41) is 0. The maximum Gasteiger partial charge on any atom is 0.175 e. The SMILES string of the molecule is CCCCCCCC1=Nc2ccccc2[S+]([O-])(c2ccccc2)=N1. The molecule has 24 heavy (non-hydrogen) atoms. The Morgan fingerprint density at radius 1 is 0.875 bits per heavy atom. The summed E-state index contributed by atoms with van der Waals surface area (Å²) in [5.74, 6) is 0.721. The highest BCUT2D eigenvalue weighted by molar-refractivity contribution is 8.00. The van der Waals surface area contributed by atoms with Crippen molar-refractivity contribution < 1.29 is 4.55 Å². The van der Waals surface area contributed by atoms with Gasteiger partial charge in [0.1, 0.15) is 10.6 Å². The Labute approximate surface area is 145 Å². The minimum atomic E-state index is -2.63. The summed E-state index contributed by atoms with van der Waals surface area (Å²) in [4.78, 5) is 6.14. The summed E-state index contributed by atoms with van der Waals surface area (Å²) in [5.41, 5.74) is 0.796. The summed E-state index contributed by atoms with van der Waals surface area (Å²) in [6.07, 6.45) is 6.77. The van der Waals surface area contributed by atoms with E-state index in [0.29, 0.717) is 0 Å². The smallest absolute Gasteiger partial charge is 0.175 e. The molecule has 0 radical (unpaired) electrons. The predicted molar refractivity (Wildman–Crippen MR) is 100 cm³/mol. The second-order valence-electron chi connectivity index (χ2n) is 6.09. The summed E-state index contributed by atoms with van der Waals surface area (Å²) < 4.78 is 18.3. The van der Waals surface area contributed by atoms with Gasteiger partial charge in [-0.25, -0.2) is 4.99 Å². The fourth-order valence-corrected chi connectivity index (χ4v) is 4.99. The van der Waals surface area contributed by atoms with Gasteiger partial charge in [0.25, 0.3) is 0 Å². The molecule has 0 fully saturated rings. The van der Waals surface area contributed by atoms with E-state index in [4.69, 9.17) is 0 Å². The maximum atomic E-state index is 13.7. The molecule has 3 nitrogen and oxygen atoms in total. The van der Waals surface area contributed by atoms with Crippen LogP contribution >= 0.6 is 0 Å². The maximum absolute atomic E-state index is 13.7. The lowest BCUT2D eigenvalue weighted by Crippen LogP contribution is -2.18. The zero-order valence-electron chi connectivity index (χ0n) is 14.1. The molecule has 0 saturated heterocycles. The van der Waals surface area contributed by atoms with Crippen molar-refractivity contribution in [2.75, 3.05) is 0 Å². The van der Waals surface area contributed by atoms with Gasteiger partial charge < -0.3 is 4.55 Å². The molecule has 0 spiro atoms. The molecular formula is C20H24N2OS. The third-order valence-electron chi connectivity index (χ3n) is 4.21. The highest BCUT2D eigenvalue weighted by Crippen LogP contribution is 2.38. The molecule has 0 aromatic heterocycles. The summed E-state index contributed by atoms with van der Waals surface area (Å²) in [6.45, 7) is 2.21. The van der Waals surface area contributed by atoms with Crippen molar-refractivity contribution in [3.05, 3.63) is 54.6 Å². The molecule has 1 aliphatic heterocycles. The summed E-state index contributed by atoms with van der Waals surface area (Å²) in [7, 11) is -2.63. The highest BCUT2D eigenvalue weighted by atomic mass is 32.3. The van der Waals surface area contributed by atoms with Gasteiger partial charge in [-0.05, 0) is 30.7 Å². The van der Waals surface area contributed by atoms with Crippen molar-refractivity contribution in [2.45, 2.75) is 55.2 Å². The molecule has 1 aliphatic rings. The van der Waals surface area contributed by atoms with Crippen LogP contribution in [0.1, 0.15) is 45.4 Å². The molecule has 1 unspecified atom stereocenters. The van der Waals surface area contributed by atoms with Crippen molar-refractivity contribution in [3.63, 3.8) is 0 Å². The third kappa shape index (κ3) is 3.65. The first kappa shape index (κ1) is 17.1. The van der Waals surface area contributed by atoms with E-state index >= 15 is 0 Å². The molecule has 3 rings (SSSR count). The number of amidine groups is 1. The molecule has 2 aromatic rings. The van der Waals surface area contributed by atoms with Crippen molar-refractivity contribution in [2.24, 2.45) is 9.36 Å². The van der Waals surface area contributed by atoms with Crippen molar-refractivity contribution in [1.82, 2.24) is 0 Å². The van der Waals surface area contributed by atoms with Crippen LogP contribution in [0.2, 0.25) is 0 Å². The average molecular weight is 340 g/mol. The lowest BCUT2D eigenvalue weighted by atomic mass is 10.1. The van der Waals surface area contributed by atoms with Crippen LogP contribution in [0.15, 0.2) is 73.7 Å². The van der Waals surface area contributed by atoms with Crippen molar-refractivity contribution in [3.8, 4) is 0 Å². The van der Waals surface area contributed by atoms with Crippen LogP contribution in [-0.2, 0) is 10.1 Å². The lowest BCUT2D eigenvalue weighted by Gasteiger charge is -2.26. The largest absolute Gasteiger partial charge is 0.621 e. The van der Waals surface area contributed by atoms with Gasteiger partial charge in [0.2, 0.25) is 0 Å². The molecule has 1 atom stereocenters. The van der Waals surface area contributed by atoms with Gasteiger partial charge in [-0.1, -0.05) is 67.3 Å². The quantitative estimate of drug-likeness (QED) is 0.452. The second-order valence-corrected chi connectivity index (χ2v) is 8.24. The molecule has 0 bridgehead atoms. The van der Waals surface area contributed by atoms with E-state index < -0.39 is 10.1 Å². The fraction of sp³-hybridized carbons (Fsp3) is 0.350. The number of para-hydroxylation sites is 1. The van der Waals surface area contributed by atoms with E-state index in [1.165, 1.54) is 25.7 Å². The second kappa shape index (κ2) is 7.86. The first-order chi connectivity index (χ1) is 11.7. The normalized spacial score (nSPS) is 19.3. The molecule has 0 amide bonds. The Hall–Kier alpha value is -1.78. The van der Waals surface area contributed by atoms with E-state index in [9.17, 15) is 4.55 Å². The molecule has 4 heteroatoms. The van der Waals surface area contributed by atoms with Crippen LogP contribution in [0, 0.1) is 0 Å². The Morgan fingerprint density at radius 3 is 2.38 bits per heavy atom. The molecule has 0 saturated carbocycles. The molecule has 1 heterocycles. The summed E-state index contributed by atoms with van der Waals surface area (Å²) >= 11 is 0. The van der Waals surface area contributed by atoms with Crippen LogP contribution in [0.3, 0.4) is 0 Å². The number of unbranched alkanes of at least 4 members (excludes halogenated alkanes) is 4. The highest BCUT2D eigenvalue weighted by Gasteiger charge is 2.29. The van der Waals surface area contributed by atoms with Crippen LogP contribution in [0.25, 0.3) is 0 Å². The molecule has 0 aliphatic carbocycles. The number of nitrogens with zero attached hydrogens (tertiary/aromatic N) is 2. The number of rotatable bonds is 7. The van der Waals surface area contributed by atoms with Crippen LogP contribution in [0.5, 0.6) is 0 Å². The van der Waals surface area contributed by atoms with Crippen molar-refractivity contribution in [1.29, 1.82) is 0 Å². The van der Waals surface area contributed by atoms with Crippen molar-refractivity contribution >= 4 is 21.6 Å². The first-order valence-electron chi connectivity index (χ1n) is 8.73. The summed E-state index contributed by atoms with van der Waals surface area (Å²) in [6, 6.07) is 17.2. The first-order valence-corrected chi connectivity index (χ1v) is 10.2. The lowest BCUT2D eigenvalue weighted by molar-refractivity contribution is 0.583. The molecule has 0 N–H and O–H groups in total. The van der Waals surface area contributed by atoms with E-state index in [2.05, 4.69) is 16.3 Å². The van der Waals surface area contributed by atoms with E-state index in [0.717, 1.165) is 34.2 Å². The number of hydrogen-bond donors (Lipinski definition) is 0. The van der Waals surface area contributed by atoms with Crippen LogP contribution in [-0.4, -0.2) is 10.4 Å². The number of benzene rings is 2. The molecule has 126 valence electrons. The zero-order chi connectivity index (χ0) is 16.8. The predicted octanol–water partition coefficient (Wildman–Crippen LogP) is 5.98. The van der Waals surface area contributed by atoms with Gasteiger partial charge >= 0.3 is 0 Å². The number of aliphatic imine (C=N–C) groups is 1. The van der Waals surface area contributed by atoms with Gasteiger partial charge in [-0.15, -0.1) is 0 Å². The van der Waals surface area contributed by atoms with Crippen LogP contribution in [0.4, 0.5) is 5.69 Å². The average Bonchev–Trinajstić information content (AvgIpc) is 2.62. The van der Waals surface area contributed by atoms with Gasteiger partial charge in [-0.2, -0.15) is 0 Å². The topological polar surface area (TPSA) is 47.8 Å². The van der Waals surface area contributed by atoms with Gasteiger partial charge in [0, 0.05) is 16.5 Å². The minimum absolute atomic E-state index is 0.721. The van der Waals surface area contributed by atoms with Gasteiger partial charge in [-0.3, -0.25) is 0 Å². The molecular weight excluding hydrogens is 316 g/mol. The zero-order valence-corrected chi connectivity index (χ0v) is 15.0. The third-order valence-corrected chi connectivity index (χ3v) is 6.53. The van der Waals surface area contributed by atoms with Crippen LogP contribution < -0.4 is 0 Å². The number of fused-ring (bicyclic) bond motifs is 1. The van der Waals surface area contributed by atoms with E-state index in [1.807, 2.05) is 54.6 Å². The van der Waals surface area contributed by atoms with Gasteiger partial charge in [0.05, 0.1) is 0 Å². The Bertz CT molecular complexity index is 768. The Balaban J connectivity index is 1.90. The molecule has 2 aromatic carbocycles. The fourth-order valence-electron chi connectivity index (χ4n) is 2.91. The standard InChI is InChI=1S/C20H24N2OS/c1-2-3-4-5-9-16-20-21-18-14-10-11-15-19(18)24(23,22-20)17-12-7-6-8-13-17/h6-8,10-15H,2-5,9,16H2,1H3. The number of hydrogen-bond acceptors (Lipinski definition) is 3.